The number of pyridine rings is 2. The molecular weight excluding hydrogens is 214 g/mol. The molecule has 0 aromatic carbocycles. The molecule has 0 unspecified atom stereocenters. The minimum atomic E-state index is 0.633. The maximum absolute atomic E-state index is 5.01. The third-order valence-corrected chi connectivity index (χ3v) is 2.51. The maximum atomic E-state index is 5.01. The van der Waals surface area contributed by atoms with Crippen LogP contribution >= 0.6 is 0 Å². The van der Waals surface area contributed by atoms with E-state index >= 15 is 0 Å². The summed E-state index contributed by atoms with van der Waals surface area (Å²) in [7, 11) is 1.61. The number of aromatic nitrogens is 2. The molecule has 0 aliphatic heterocycles. The van der Waals surface area contributed by atoms with Crippen molar-refractivity contribution < 1.29 is 4.74 Å². The first-order chi connectivity index (χ1) is 8.29. The van der Waals surface area contributed by atoms with Crippen LogP contribution in [0.5, 0.6) is 5.88 Å². The third-order valence-electron chi connectivity index (χ3n) is 2.51. The number of nitrogens with zero attached hydrogens (tertiary/aromatic N) is 2. The van der Waals surface area contributed by atoms with E-state index in [1.54, 1.807) is 13.3 Å². The summed E-state index contributed by atoms with van der Waals surface area (Å²) >= 11 is 0. The van der Waals surface area contributed by atoms with Crippen molar-refractivity contribution >= 4 is 5.69 Å². The minimum Gasteiger partial charge on any atom is -0.481 e. The number of hydrogen-bond acceptors (Lipinski definition) is 4. The molecule has 0 radical (unpaired) electrons. The third kappa shape index (κ3) is 2.93. The number of ether oxygens (including phenoxy) is 1. The Hall–Kier alpha value is -2.10. The van der Waals surface area contributed by atoms with Gasteiger partial charge in [0.05, 0.1) is 7.11 Å². The summed E-state index contributed by atoms with van der Waals surface area (Å²) < 4.78 is 5.01. The van der Waals surface area contributed by atoms with Gasteiger partial charge in [0.25, 0.3) is 0 Å². The van der Waals surface area contributed by atoms with Crippen molar-refractivity contribution in [2.24, 2.45) is 0 Å². The fourth-order valence-corrected chi connectivity index (χ4v) is 1.51. The summed E-state index contributed by atoms with van der Waals surface area (Å²) in [6.45, 7) is 2.77. The van der Waals surface area contributed by atoms with Gasteiger partial charge in [-0.2, -0.15) is 0 Å². The van der Waals surface area contributed by atoms with E-state index in [0.29, 0.717) is 5.88 Å². The second-order valence-electron chi connectivity index (χ2n) is 3.75. The highest BCUT2D eigenvalue weighted by atomic mass is 16.5. The van der Waals surface area contributed by atoms with Gasteiger partial charge in [0.1, 0.15) is 0 Å². The number of aryl methyl sites for hydroxylation is 1. The molecule has 2 aromatic heterocycles. The molecule has 17 heavy (non-hydrogen) atoms. The van der Waals surface area contributed by atoms with Crippen molar-refractivity contribution in [1.82, 2.24) is 9.97 Å². The van der Waals surface area contributed by atoms with Crippen molar-refractivity contribution in [1.29, 1.82) is 0 Å². The smallest absolute Gasteiger partial charge is 0.212 e. The second-order valence-corrected chi connectivity index (χ2v) is 3.75. The molecule has 0 spiro atoms. The Labute approximate surface area is 101 Å². The van der Waals surface area contributed by atoms with Crippen molar-refractivity contribution in [2.75, 3.05) is 12.4 Å². The van der Waals surface area contributed by atoms with E-state index < -0.39 is 0 Å². The van der Waals surface area contributed by atoms with Crippen LogP contribution < -0.4 is 10.1 Å². The lowest BCUT2D eigenvalue weighted by molar-refractivity contribution is 0.397. The lowest BCUT2D eigenvalue weighted by Crippen LogP contribution is -2.01. The van der Waals surface area contributed by atoms with Gasteiger partial charge in [-0.3, -0.25) is 4.98 Å². The number of anilines is 1. The van der Waals surface area contributed by atoms with Gasteiger partial charge in [-0.05, 0) is 24.1 Å². The Morgan fingerprint density at radius 2 is 2.12 bits per heavy atom. The summed E-state index contributed by atoms with van der Waals surface area (Å²) in [6.07, 6.45) is 5.43. The first-order valence-electron chi connectivity index (χ1n) is 5.43. The minimum absolute atomic E-state index is 0.633. The quantitative estimate of drug-likeness (QED) is 0.874. The van der Waals surface area contributed by atoms with Crippen molar-refractivity contribution in [3.63, 3.8) is 0 Å². The summed E-state index contributed by atoms with van der Waals surface area (Å²) in [5.41, 5.74) is 3.34. The van der Waals surface area contributed by atoms with E-state index in [-0.39, 0.29) is 0 Å². The van der Waals surface area contributed by atoms with Gasteiger partial charge < -0.3 is 10.1 Å². The predicted octanol–water partition coefficient (Wildman–Crippen LogP) is 2.41. The molecular formula is C13H15N3O. The van der Waals surface area contributed by atoms with E-state index in [4.69, 9.17) is 4.74 Å². The molecule has 2 rings (SSSR count). The summed E-state index contributed by atoms with van der Waals surface area (Å²) in [4.78, 5) is 8.21. The van der Waals surface area contributed by atoms with Crippen LogP contribution in [0.3, 0.4) is 0 Å². The molecule has 0 atom stereocenters. The highest BCUT2D eigenvalue weighted by Gasteiger charge is 1.98. The van der Waals surface area contributed by atoms with Crippen LogP contribution in [0.1, 0.15) is 11.1 Å². The van der Waals surface area contributed by atoms with Gasteiger partial charge in [0.2, 0.25) is 5.88 Å². The Kier molecular flexibility index (Phi) is 3.55. The fourth-order valence-electron chi connectivity index (χ4n) is 1.51. The molecule has 1 N–H and O–H groups in total. The van der Waals surface area contributed by atoms with E-state index in [1.165, 1.54) is 0 Å². The summed E-state index contributed by atoms with van der Waals surface area (Å²) in [5.74, 6) is 0.633. The van der Waals surface area contributed by atoms with Crippen LogP contribution in [-0.4, -0.2) is 17.1 Å². The fraction of sp³-hybridized carbons (Fsp3) is 0.231. The Balaban J connectivity index is 2.00. The topological polar surface area (TPSA) is 47.0 Å². The van der Waals surface area contributed by atoms with E-state index in [2.05, 4.69) is 15.3 Å². The van der Waals surface area contributed by atoms with Gasteiger partial charge in [-0.1, -0.05) is 6.07 Å². The standard InChI is InChI=1S/C13H15N3O/c1-10-7-14-6-5-12(10)15-8-11-3-4-13(17-2)16-9-11/h3-7,9H,8H2,1-2H3,(H,14,15). The molecule has 4 heteroatoms. The van der Waals surface area contributed by atoms with Crippen LogP contribution in [0.25, 0.3) is 0 Å². The SMILES string of the molecule is COc1ccc(CNc2ccncc2C)cn1. The molecule has 0 saturated carbocycles. The van der Waals surface area contributed by atoms with Crippen LogP contribution in [0.4, 0.5) is 5.69 Å². The average molecular weight is 229 g/mol. The zero-order valence-corrected chi connectivity index (χ0v) is 9.97. The molecule has 2 aromatic rings. The summed E-state index contributed by atoms with van der Waals surface area (Å²) in [5, 5.41) is 3.35. The number of rotatable bonds is 4. The first-order valence-corrected chi connectivity index (χ1v) is 5.43. The Morgan fingerprint density at radius 3 is 2.76 bits per heavy atom. The molecule has 4 nitrogen and oxygen atoms in total. The van der Waals surface area contributed by atoms with Gasteiger partial charge in [0.15, 0.2) is 0 Å². The molecule has 0 fully saturated rings. The Bertz CT molecular complexity index is 482. The Morgan fingerprint density at radius 1 is 1.24 bits per heavy atom. The molecule has 2 heterocycles. The highest BCUT2D eigenvalue weighted by molar-refractivity contribution is 5.48. The second kappa shape index (κ2) is 5.30. The zero-order chi connectivity index (χ0) is 12.1. The van der Waals surface area contributed by atoms with Crippen LogP contribution in [0, 0.1) is 6.92 Å². The van der Waals surface area contributed by atoms with Gasteiger partial charge in [0, 0.05) is 36.9 Å². The molecule has 0 aliphatic rings. The number of nitrogens with one attached hydrogen (secondary N) is 1. The lowest BCUT2D eigenvalue weighted by Gasteiger charge is -2.08. The first kappa shape index (κ1) is 11.4. The van der Waals surface area contributed by atoms with Crippen molar-refractivity contribution in [2.45, 2.75) is 13.5 Å². The number of methoxy groups -OCH3 is 1. The monoisotopic (exact) mass is 229 g/mol. The zero-order valence-electron chi connectivity index (χ0n) is 9.97. The molecule has 0 aliphatic carbocycles. The number of hydrogen-bond donors (Lipinski definition) is 1. The van der Waals surface area contributed by atoms with Crippen LogP contribution in [-0.2, 0) is 6.54 Å². The molecule has 0 amide bonds. The normalized spacial score (nSPS) is 10.0. The van der Waals surface area contributed by atoms with Gasteiger partial charge in [-0.15, -0.1) is 0 Å². The van der Waals surface area contributed by atoms with E-state index in [9.17, 15) is 0 Å². The van der Waals surface area contributed by atoms with Gasteiger partial charge in [-0.25, -0.2) is 4.98 Å². The van der Waals surface area contributed by atoms with Crippen LogP contribution in [0.2, 0.25) is 0 Å². The highest BCUT2D eigenvalue weighted by Crippen LogP contribution is 2.13. The van der Waals surface area contributed by atoms with Crippen LogP contribution in [0.15, 0.2) is 36.8 Å². The average Bonchev–Trinajstić information content (AvgIpc) is 2.38. The molecule has 0 saturated heterocycles. The maximum Gasteiger partial charge on any atom is 0.212 e. The summed E-state index contributed by atoms with van der Waals surface area (Å²) in [6, 6.07) is 5.82. The van der Waals surface area contributed by atoms with Gasteiger partial charge >= 0.3 is 0 Å². The molecule has 88 valence electrons. The van der Waals surface area contributed by atoms with Crippen molar-refractivity contribution in [3.8, 4) is 5.88 Å². The van der Waals surface area contributed by atoms with E-state index in [1.807, 2.05) is 37.5 Å². The lowest BCUT2D eigenvalue weighted by atomic mass is 10.2. The van der Waals surface area contributed by atoms with E-state index in [0.717, 1.165) is 23.4 Å². The van der Waals surface area contributed by atoms with Crippen molar-refractivity contribution in [3.05, 3.63) is 47.9 Å². The predicted molar refractivity (Wildman–Crippen MR) is 67.1 cm³/mol. The largest absolute Gasteiger partial charge is 0.481 e. The molecule has 0 bridgehead atoms.